The highest BCUT2D eigenvalue weighted by atomic mass is 16.5. The molecule has 1 aromatic rings. The third-order valence-corrected chi connectivity index (χ3v) is 3.26. The van der Waals surface area contributed by atoms with E-state index in [0.717, 1.165) is 13.1 Å². The van der Waals surface area contributed by atoms with Gasteiger partial charge in [0, 0.05) is 31.7 Å². The fourth-order valence-electron chi connectivity index (χ4n) is 2.27. The Morgan fingerprint density at radius 2 is 2.05 bits per heavy atom. The summed E-state index contributed by atoms with van der Waals surface area (Å²) in [7, 11) is 0. The van der Waals surface area contributed by atoms with Crippen molar-refractivity contribution in [1.82, 2.24) is 10.2 Å². The lowest BCUT2D eigenvalue weighted by molar-refractivity contribution is -0.118. The van der Waals surface area contributed by atoms with Crippen LogP contribution in [-0.2, 0) is 4.79 Å². The van der Waals surface area contributed by atoms with Crippen molar-refractivity contribution in [3.63, 3.8) is 0 Å². The summed E-state index contributed by atoms with van der Waals surface area (Å²) in [5.74, 6) is 0.403. The normalized spacial score (nSPS) is 18.3. The van der Waals surface area contributed by atoms with Crippen molar-refractivity contribution in [2.24, 2.45) is 0 Å². The van der Waals surface area contributed by atoms with Crippen molar-refractivity contribution >= 4 is 17.5 Å². The van der Waals surface area contributed by atoms with Crippen LogP contribution in [0.15, 0.2) is 18.2 Å². The number of nitrogens with one attached hydrogen (secondary N) is 2. The highest BCUT2D eigenvalue weighted by Gasteiger charge is 2.21. The third-order valence-electron chi connectivity index (χ3n) is 3.26. The van der Waals surface area contributed by atoms with E-state index in [1.54, 1.807) is 18.2 Å². The molecule has 1 aromatic carbocycles. The highest BCUT2D eigenvalue weighted by Crippen LogP contribution is 2.28. The molecule has 1 saturated heterocycles. The molecule has 0 aromatic heterocycles. The van der Waals surface area contributed by atoms with E-state index < -0.39 is 0 Å². The van der Waals surface area contributed by atoms with Crippen LogP contribution in [0.3, 0.4) is 0 Å². The molecule has 0 bridgehead atoms. The number of anilines is 1. The molecular weight excluding hydrogens is 246 g/mol. The summed E-state index contributed by atoms with van der Waals surface area (Å²) in [6.07, 6.45) is 0. The monoisotopic (exact) mass is 261 g/mol. The van der Waals surface area contributed by atoms with Crippen molar-refractivity contribution in [1.29, 1.82) is 0 Å². The Kier molecular flexibility index (Phi) is 3.08. The van der Waals surface area contributed by atoms with Gasteiger partial charge in [-0.25, -0.2) is 0 Å². The third kappa shape index (κ3) is 2.39. The van der Waals surface area contributed by atoms with Gasteiger partial charge >= 0.3 is 0 Å². The van der Waals surface area contributed by atoms with E-state index in [4.69, 9.17) is 4.74 Å². The van der Waals surface area contributed by atoms with Gasteiger partial charge in [-0.3, -0.25) is 9.59 Å². The minimum Gasteiger partial charge on any atom is -0.482 e. The summed E-state index contributed by atoms with van der Waals surface area (Å²) in [6, 6.07) is 5.14. The maximum Gasteiger partial charge on any atom is 0.262 e. The van der Waals surface area contributed by atoms with Gasteiger partial charge in [-0.1, -0.05) is 0 Å². The van der Waals surface area contributed by atoms with Gasteiger partial charge in [-0.05, 0) is 18.2 Å². The lowest BCUT2D eigenvalue weighted by Gasteiger charge is -2.28. The van der Waals surface area contributed by atoms with Crippen LogP contribution >= 0.6 is 0 Å². The fourth-order valence-corrected chi connectivity index (χ4v) is 2.27. The Bertz CT molecular complexity index is 524. The summed E-state index contributed by atoms with van der Waals surface area (Å²) < 4.78 is 5.27. The average molecular weight is 261 g/mol. The van der Waals surface area contributed by atoms with Gasteiger partial charge in [0.25, 0.3) is 11.8 Å². The molecule has 100 valence electrons. The first-order valence-corrected chi connectivity index (χ1v) is 6.31. The molecule has 2 aliphatic rings. The van der Waals surface area contributed by atoms with E-state index in [-0.39, 0.29) is 18.4 Å². The van der Waals surface area contributed by atoms with Gasteiger partial charge in [0.15, 0.2) is 6.61 Å². The number of piperazine rings is 1. The first kappa shape index (κ1) is 12.0. The van der Waals surface area contributed by atoms with Crippen LogP contribution < -0.4 is 15.4 Å². The summed E-state index contributed by atoms with van der Waals surface area (Å²) in [5, 5.41) is 5.92. The van der Waals surface area contributed by atoms with Gasteiger partial charge in [-0.15, -0.1) is 0 Å². The topological polar surface area (TPSA) is 70.7 Å². The van der Waals surface area contributed by atoms with Crippen molar-refractivity contribution in [2.45, 2.75) is 0 Å². The zero-order valence-electron chi connectivity index (χ0n) is 10.4. The number of rotatable bonds is 1. The Hall–Kier alpha value is -2.08. The van der Waals surface area contributed by atoms with Crippen molar-refractivity contribution in [2.75, 3.05) is 38.1 Å². The quantitative estimate of drug-likeness (QED) is 0.750. The van der Waals surface area contributed by atoms with E-state index in [0.29, 0.717) is 30.1 Å². The molecule has 0 radical (unpaired) electrons. The SMILES string of the molecule is O=C1COc2ccc(C(=O)N3CCNCC3)cc2N1. The maximum absolute atomic E-state index is 12.3. The van der Waals surface area contributed by atoms with E-state index in [1.807, 2.05) is 4.90 Å². The molecule has 6 heteroatoms. The predicted octanol–water partition coefficient (Wildman–Crippen LogP) is 0.0629. The number of amides is 2. The van der Waals surface area contributed by atoms with Crippen LogP contribution in [0.4, 0.5) is 5.69 Å². The molecule has 19 heavy (non-hydrogen) atoms. The van der Waals surface area contributed by atoms with Crippen molar-refractivity contribution in [3.05, 3.63) is 23.8 Å². The highest BCUT2D eigenvalue weighted by molar-refractivity contribution is 5.99. The molecule has 2 aliphatic heterocycles. The predicted molar refractivity (Wildman–Crippen MR) is 69.3 cm³/mol. The van der Waals surface area contributed by atoms with Crippen LogP contribution in [0.1, 0.15) is 10.4 Å². The summed E-state index contributed by atoms with van der Waals surface area (Å²) in [4.78, 5) is 25.4. The molecule has 1 fully saturated rings. The molecule has 2 amide bonds. The van der Waals surface area contributed by atoms with E-state index in [9.17, 15) is 9.59 Å². The first-order valence-electron chi connectivity index (χ1n) is 6.31. The number of benzene rings is 1. The number of nitrogens with zero attached hydrogens (tertiary/aromatic N) is 1. The molecule has 3 rings (SSSR count). The molecule has 0 saturated carbocycles. The van der Waals surface area contributed by atoms with Gasteiger partial charge in [0.05, 0.1) is 5.69 Å². The number of fused-ring (bicyclic) bond motifs is 1. The standard InChI is InChI=1S/C13H15N3O3/c17-12-8-19-11-2-1-9(7-10(11)15-12)13(18)16-5-3-14-4-6-16/h1-2,7,14H,3-6,8H2,(H,15,17). The Labute approximate surface area is 110 Å². The molecule has 2 heterocycles. The summed E-state index contributed by atoms with van der Waals surface area (Å²) in [6.45, 7) is 3.07. The number of carbonyl (C=O) groups excluding carboxylic acids is 2. The fraction of sp³-hybridized carbons (Fsp3) is 0.385. The number of ether oxygens (including phenoxy) is 1. The molecule has 0 spiro atoms. The Balaban J connectivity index is 1.83. The molecule has 2 N–H and O–H groups in total. The first-order chi connectivity index (χ1) is 9.24. The lowest BCUT2D eigenvalue weighted by atomic mass is 10.1. The largest absolute Gasteiger partial charge is 0.482 e. The van der Waals surface area contributed by atoms with Gasteiger partial charge in [0.2, 0.25) is 0 Å². The minimum atomic E-state index is -0.195. The second kappa shape index (κ2) is 4.89. The van der Waals surface area contributed by atoms with Gasteiger partial charge < -0.3 is 20.3 Å². The van der Waals surface area contributed by atoms with Gasteiger partial charge in [-0.2, -0.15) is 0 Å². The second-order valence-corrected chi connectivity index (χ2v) is 4.59. The Morgan fingerprint density at radius 3 is 2.84 bits per heavy atom. The van der Waals surface area contributed by atoms with Crippen LogP contribution in [0.5, 0.6) is 5.75 Å². The molecule has 6 nitrogen and oxygen atoms in total. The minimum absolute atomic E-state index is 0.0101. The van der Waals surface area contributed by atoms with Crippen molar-refractivity contribution in [3.8, 4) is 5.75 Å². The Morgan fingerprint density at radius 1 is 1.26 bits per heavy atom. The van der Waals surface area contributed by atoms with E-state index in [2.05, 4.69) is 10.6 Å². The maximum atomic E-state index is 12.3. The number of hydrogen-bond acceptors (Lipinski definition) is 4. The smallest absolute Gasteiger partial charge is 0.262 e. The molecule has 0 aliphatic carbocycles. The van der Waals surface area contributed by atoms with Crippen LogP contribution in [-0.4, -0.2) is 49.5 Å². The zero-order chi connectivity index (χ0) is 13.2. The van der Waals surface area contributed by atoms with Crippen LogP contribution in [0, 0.1) is 0 Å². The van der Waals surface area contributed by atoms with Crippen LogP contribution in [0.25, 0.3) is 0 Å². The molecule has 0 unspecified atom stereocenters. The summed E-state index contributed by atoms with van der Waals surface area (Å²) >= 11 is 0. The van der Waals surface area contributed by atoms with E-state index in [1.165, 1.54) is 0 Å². The summed E-state index contributed by atoms with van der Waals surface area (Å²) in [5.41, 5.74) is 1.14. The lowest BCUT2D eigenvalue weighted by Crippen LogP contribution is -2.46. The molecule has 0 atom stereocenters. The van der Waals surface area contributed by atoms with Gasteiger partial charge in [0.1, 0.15) is 5.75 Å². The average Bonchev–Trinajstić information content (AvgIpc) is 2.46. The zero-order valence-corrected chi connectivity index (χ0v) is 10.4. The second-order valence-electron chi connectivity index (χ2n) is 4.59. The van der Waals surface area contributed by atoms with Crippen molar-refractivity contribution < 1.29 is 14.3 Å². The molecular formula is C13H15N3O3. The number of hydrogen-bond donors (Lipinski definition) is 2. The number of carbonyl (C=O) groups is 2. The van der Waals surface area contributed by atoms with E-state index >= 15 is 0 Å². The van der Waals surface area contributed by atoms with Crippen LogP contribution in [0.2, 0.25) is 0 Å².